The Balaban J connectivity index is 0.000001000. The van der Waals surface area contributed by atoms with Crippen LogP contribution in [-0.2, 0) is 0 Å². The average Bonchev–Trinajstić information content (AvgIpc) is 2.34. The highest BCUT2D eigenvalue weighted by atomic mass is 35.5. The largest absolute Gasteiger partial charge is 0.296 e. The van der Waals surface area contributed by atoms with Crippen molar-refractivity contribution >= 4 is 18.7 Å². The number of carbonyl (C=O) groups is 1. The zero-order valence-corrected chi connectivity index (χ0v) is 7.31. The van der Waals surface area contributed by atoms with E-state index >= 15 is 0 Å². The number of rotatable bonds is 2. The van der Waals surface area contributed by atoms with Gasteiger partial charge in [-0.25, -0.2) is 0 Å². The van der Waals surface area contributed by atoms with Gasteiger partial charge in [-0.05, 0) is 12.0 Å². The number of nitrogens with zero attached hydrogens (tertiary/aromatic N) is 1. The molecule has 0 atom stereocenters. The Morgan fingerprint density at radius 3 is 2.55 bits per heavy atom. The molecular weight excluding hydrogens is 164 g/mol. The fourth-order valence-corrected chi connectivity index (χ4v) is 0.709. The van der Waals surface area contributed by atoms with E-state index in [-0.39, 0.29) is 12.4 Å². The van der Waals surface area contributed by atoms with Crippen LogP contribution in [0.5, 0.6) is 0 Å². The molecule has 1 heterocycles. The zero-order chi connectivity index (χ0) is 7.56. The Kier molecular flexibility index (Phi) is 3.82. The summed E-state index contributed by atoms with van der Waals surface area (Å²) >= 11 is 0. The van der Waals surface area contributed by atoms with Gasteiger partial charge in [0.15, 0.2) is 6.29 Å². The second-order valence-electron chi connectivity index (χ2n) is 2.52. The summed E-state index contributed by atoms with van der Waals surface area (Å²) in [6.45, 7) is 4.09. The maximum atomic E-state index is 10.2. The van der Waals surface area contributed by atoms with Crippen LogP contribution in [0, 0.1) is 0 Å². The number of aromatic amines is 1. The summed E-state index contributed by atoms with van der Waals surface area (Å²) in [6, 6.07) is 1.76. The molecule has 0 amide bonds. The van der Waals surface area contributed by atoms with E-state index in [0.29, 0.717) is 11.6 Å². The molecule has 1 aromatic rings. The standard InChI is InChI=1S/C7H10N2O.ClH/c1-5(2)7-3-6(4-10)8-9-7;/h3-5H,1-2H3,(H,8,9);1H. The Labute approximate surface area is 71.6 Å². The van der Waals surface area contributed by atoms with Gasteiger partial charge >= 0.3 is 0 Å². The van der Waals surface area contributed by atoms with Gasteiger partial charge in [-0.3, -0.25) is 9.89 Å². The van der Waals surface area contributed by atoms with Gasteiger partial charge in [-0.2, -0.15) is 5.10 Å². The SMILES string of the molecule is CC(C)c1cc(C=O)n[nH]1.Cl. The molecule has 0 spiro atoms. The van der Waals surface area contributed by atoms with Crippen LogP contribution in [0.3, 0.4) is 0 Å². The third-order valence-corrected chi connectivity index (χ3v) is 1.36. The molecule has 0 radical (unpaired) electrons. The molecule has 0 aromatic carbocycles. The highest BCUT2D eigenvalue weighted by Crippen LogP contribution is 2.10. The summed E-state index contributed by atoms with van der Waals surface area (Å²) in [7, 11) is 0. The van der Waals surface area contributed by atoms with Crippen LogP contribution in [0.1, 0.15) is 35.9 Å². The van der Waals surface area contributed by atoms with Gasteiger partial charge in [0, 0.05) is 5.69 Å². The molecule has 0 unspecified atom stereocenters. The van der Waals surface area contributed by atoms with Crippen molar-refractivity contribution in [1.29, 1.82) is 0 Å². The third-order valence-electron chi connectivity index (χ3n) is 1.36. The molecule has 11 heavy (non-hydrogen) atoms. The zero-order valence-electron chi connectivity index (χ0n) is 6.50. The highest BCUT2D eigenvalue weighted by molar-refractivity contribution is 5.85. The summed E-state index contributed by atoms with van der Waals surface area (Å²) in [6.07, 6.45) is 0.738. The number of hydrogen-bond acceptors (Lipinski definition) is 2. The van der Waals surface area contributed by atoms with Crippen LogP contribution in [0.15, 0.2) is 6.07 Å². The van der Waals surface area contributed by atoms with Gasteiger partial charge in [-0.1, -0.05) is 13.8 Å². The molecule has 0 aliphatic carbocycles. The molecule has 0 bridgehead atoms. The van der Waals surface area contributed by atoms with Crippen LogP contribution >= 0.6 is 12.4 Å². The minimum Gasteiger partial charge on any atom is -0.296 e. The van der Waals surface area contributed by atoms with Gasteiger partial charge in [0.25, 0.3) is 0 Å². The lowest BCUT2D eigenvalue weighted by Gasteiger charge is -1.95. The smallest absolute Gasteiger partial charge is 0.170 e. The Morgan fingerprint density at radius 1 is 1.64 bits per heavy atom. The number of aldehydes is 1. The monoisotopic (exact) mass is 174 g/mol. The minimum absolute atomic E-state index is 0. The van der Waals surface area contributed by atoms with Crippen molar-refractivity contribution in [2.45, 2.75) is 19.8 Å². The van der Waals surface area contributed by atoms with Gasteiger partial charge in [0.05, 0.1) is 0 Å². The average molecular weight is 175 g/mol. The fourth-order valence-electron chi connectivity index (χ4n) is 0.709. The van der Waals surface area contributed by atoms with E-state index in [2.05, 4.69) is 10.2 Å². The van der Waals surface area contributed by atoms with Gasteiger partial charge in [0.1, 0.15) is 5.69 Å². The molecule has 1 aromatic heterocycles. The predicted molar refractivity (Wildman–Crippen MR) is 45.3 cm³/mol. The molecule has 1 rings (SSSR count). The Bertz CT molecular complexity index is 232. The van der Waals surface area contributed by atoms with Gasteiger partial charge < -0.3 is 0 Å². The first-order valence-electron chi connectivity index (χ1n) is 3.24. The van der Waals surface area contributed by atoms with Crippen LogP contribution in [-0.4, -0.2) is 16.5 Å². The molecule has 0 saturated heterocycles. The van der Waals surface area contributed by atoms with Gasteiger partial charge in [0.2, 0.25) is 0 Å². The van der Waals surface area contributed by atoms with Crippen molar-refractivity contribution in [3.05, 3.63) is 17.5 Å². The number of hydrogen-bond donors (Lipinski definition) is 1. The molecule has 0 aliphatic heterocycles. The first-order valence-corrected chi connectivity index (χ1v) is 3.24. The lowest BCUT2D eigenvalue weighted by Crippen LogP contribution is -1.85. The molecule has 0 fully saturated rings. The normalized spacial score (nSPS) is 9.36. The maximum Gasteiger partial charge on any atom is 0.170 e. The van der Waals surface area contributed by atoms with E-state index in [1.807, 2.05) is 13.8 Å². The first kappa shape index (κ1) is 10.2. The second kappa shape index (κ2) is 4.13. The van der Waals surface area contributed by atoms with Crippen molar-refractivity contribution in [2.75, 3.05) is 0 Å². The maximum absolute atomic E-state index is 10.2. The van der Waals surface area contributed by atoms with Crippen molar-refractivity contribution in [1.82, 2.24) is 10.2 Å². The van der Waals surface area contributed by atoms with E-state index in [4.69, 9.17) is 0 Å². The Morgan fingerprint density at radius 2 is 2.27 bits per heavy atom. The number of halogens is 1. The predicted octanol–water partition coefficient (Wildman–Crippen LogP) is 1.77. The van der Waals surface area contributed by atoms with E-state index < -0.39 is 0 Å². The van der Waals surface area contributed by atoms with E-state index in [1.54, 1.807) is 6.07 Å². The lowest BCUT2D eigenvalue weighted by atomic mass is 10.1. The van der Waals surface area contributed by atoms with Crippen LogP contribution in [0.4, 0.5) is 0 Å². The van der Waals surface area contributed by atoms with Crippen LogP contribution < -0.4 is 0 Å². The molecule has 0 aliphatic rings. The van der Waals surface area contributed by atoms with Crippen molar-refractivity contribution in [2.24, 2.45) is 0 Å². The quantitative estimate of drug-likeness (QED) is 0.695. The number of carbonyl (C=O) groups excluding carboxylic acids is 1. The number of nitrogens with one attached hydrogen (secondary N) is 1. The first-order chi connectivity index (χ1) is 4.74. The van der Waals surface area contributed by atoms with E-state index in [0.717, 1.165) is 12.0 Å². The summed E-state index contributed by atoms with van der Waals surface area (Å²) in [4.78, 5) is 10.2. The Hall–Kier alpha value is -0.830. The lowest BCUT2D eigenvalue weighted by molar-refractivity contribution is 0.111. The molecule has 1 N–H and O–H groups in total. The molecule has 4 heteroatoms. The summed E-state index contributed by atoms with van der Waals surface area (Å²) < 4.78 is 0. The molecular formula is C7H11ClN2O. The second-order valence-corrected chi connectivity index (χ2v) is 2.52. The van der Waals surface area contributed by atoms with Crippen LogP contribution in [0.2, 0.25) is 0 Å². The summed E-state index contributed by atoms with van der Waals surface area (Å²) in [5, 5.41) is 6.54. The highest BCUT2D eigenvalue weighted by Gasteiger charge is 2.02. The van der Waals surface area contributed by atoms with Gasteiger partial charge in [-0.15, -0.1) is 12.4 Å². The molecule has 3 nitrogen and oxygen atoms in total. The minimum atomic E-state index is 0. The fraction of sp³-hybridized carbons (Fsp3) is 0.429. The topological polar surface area (TPSA) is 45.8 Å². The third kappa shape index (κ3) is 2.35. The summed E-state index contributed by atoms with van der Waals surface area (Å²) in [5.74, 6) is 0.404. The molecule has 62 valence electrons. The van der Waals surface area contributed by atoms with E-state index in [1.165, 1.54) is 0 Å². The molecule has 0 saturated carbocycles. The summed E-state index contributed by atoms with van der Waals surface area (Å²) in [5.41, 5.74) is 1.48. The van der Waals surface area contributed by atoms with Crippen molar-refractivity contribution in [3.8, 4) is 0 Å². The number of H-pyrrole nitrogens is 1. The van der Waals surface area contributed by atoms with Crippen LogP contribution in [0.25, 0.3) is 0 Å². The number of aromatic nitrogens is 2. The van der Waals surface area contributed by atoms with Crippen molar-refractivity contribution in [3.63, 3.8) is 0 Å². The van der Waals surface area contributed by atoms with E-state index in [9.17, 15) is 4.79 Å². The van der Waals surface area contributed by atoms with Crippen molar-refractivity contribution < 1.29 is 4.79 Å².